The molecule has 1 rings (SSSR count). The fourth-order valence-corrected chi connectivity index (χ4v) is 3.42. The highest BCUT2D eigenvalue weighted by Crippen LogP contribution is 2.26. The van der Waals surface area contributed by atoms with Crippen molar-refractivity contribution in [3.05, 3.63) is 0 Å². The zero-order chi connectivity index (χ0) is 16.7. The van der Waals surface area contributed by atoms with Crippen LogP contribution in [0.1, 0.15) is 46.0 Å². The Balaban J connectivity index is 2.33. The van der Waals surface area contributed by atoms with Crippen molar-refractivity contribution in [2.75, 3.05) is 12.3 Å². The molecule has 1 aliphatic heterocycles. The van der Waals surface area contributed by atoms with E-state index in [1.54, 1.807) is 0 Å². The Kier molecular flexibility index (Phi) is 7.89. The maximum absolute atomic E-state index is 12.2. The van der Waals surface area contributed by atoms with Crippen LogP contribution in [-0.2, 0) is 14.4 Å². The monoisotopic (exact) mass is 330 g/mol. The average molecular weight is 330 g/mol. The molecule has 0 aromatic carbocycles. The molecule has 22 heavy (non-hydrogen) atoms. The van der Waals surface area contributed by atoms with E-state index < -0.39 is 17.3 Å². The van der Waals surface area contributed by atoms with Gasteiger partial charge in [0.15, 0.2) is 0 Å². The first kappa shape index (κ1) is 19.0. The van der Waals surface area contributed by atoms with Crippen molar-refractivity contribution < 1.29 is 19.5 Å². The normalized spacial score (nSPS) is 20.0. The van der Waals surface area contributed by atoms with Gasteiger partial charge in [-0.1, -0.05) is 33.1 Å². The van der Waals surface area contributed by atoms with Gasteiger partial charge in [0.2, 0.25) is 11.8 Å². The second kappa shape index (κ2) is 9.15. The van der Waals surface area contributed by atoms with E-state index in [1.807, 2.05) is 0 Å². The number of hydrogen-bond donors (Lipinski definition) is 2. The summed E-state index contributed by atoms with van der Waals surface area (Å²) in [5.41, 5.74) is 5.42. The Morgan fingerprint density at radius 2 is 2.05 bits per heavy atom. The number of thioether (sulfide) groups is 1. The molecule has 0 aromatic rings. The summed E-state index contributed by atoms with van der Waals surface area (Å²) in [5.74, 6) is -0.631. The molecule has 6 nitrogen and oxygen atoms in total. The van der Waals surface area contributed by atoms with Crippen LogP contribution in [0, 0.1) is 5.92 Å². The molecule has 1 heterocycles. The minimum atomic E-state index is -1.09. The molecule has 2 amide bonds. The molecule has 2 atom stereocenters. The van der Waals surface area contributed by atoms with Crippen LogP contribution in [0.5, 0.6) is 0 Å². The molecule has 1 saturated heterocycles. The quantitative estimate of drug-likeness (QED) is 0.465. The molecule has 0 aromatic heterocycles. The smallest absolute Gasteiger partial charge is 0.321 e. The summed E-state index contributed by atoms with van der Waals surface area (Å²) in [6.45, 7) is 4.83. The maximum atomic E-state index is 12.2. The van der Waals surface area contributed by atoms with Gasteiger partial charge in [-0.15, -0.1) is 11.8 Å². The first-order valence-electron chi connectivity index (χ1n) is 7.77. The van der Waals surface area contributed by atoms with Gasteiger partial charge in [-0.05, 0) is 12.3 Å². The third-order valence-electron chi connectivity index (χ3n) is 3.66. The van der Waals surface area contributed by atoms with Crippen molar-refractivity contribution in [3.63, 3.8) is 0 Å². The van der Waals surface area contributed by atoms with Gasteiger partial charge in [-0.3, -0.25) is 19.3 Å². The lowest BCUT2D eigenvalue weighted by Crippen LogP contribution is -2.35. The molecule has 7 heteroatoms. The van der Waals surface area contributed by atoms with Gasteiger partial charge >= 0.3 is 5.97 Å². The van der Waals surface area contributed by atoms with Crippen LogP contribution in [0.15, 0.2) is 0 Å². The first-order valence-corrected chi connectivity index (χ1v) is 8.82. The summed E-state index contributed by atoms with van der Waals surface area (Å²) in [6.07, 6.45) is 4.27. The van der Waals surface area contributed by atoms with E-state index in [0.29, 0.717) is 12.5 Å². The maximum Gasteiger partial charge on any atom is 0.321 e. The third kappa shape index (κ3) is 5.96. The summed E-state index contributed by atoms with van der Waals surface area (Å²) in [5, 5.41) is 8.25. The topological polar surface area (TPSA) is 101 Å². The number of hydrogen-bond acceptors (Lipinski definition) is 5. The van der Waals surface area contributed by atoms with Crippen molar-refractivity contribution in [1.82, 2.24) is 4.90 Å². The number of carboxylic acids is 1. The SMILES string of the molecule is CC(C)CCCCCN1C(=O)CC(SC[C@@H](N)C(=O)O)C1=O. The number of carboxylic acid groups (broad SMARTS) is 1. The number of rotatable bonds is 10. The van der Waals surface area contributed by atoms with Crippen molar-refractivity contribution in [1.29, 1.82) is 0 Å². The predicted molar refractivity (Wildman–Crippen MR) is 86.5 cm³/mol. The minimum absolute atomic E-state index is 0.140. The molecular formula is C15H26N2O4S. The number of unbranched alkanes of at least 4 members (excludes halogenated alkanes) is 2. The number of amides is 2. The van der Waals surface area contributed by atoms with Gasteiger partial charge in [-0.2, -0.15) is 0 Å². The lowest BCUT2D eigenvalue weighted by atomic mass is 10.1. The second-order valence-electron chi connectivity index (χ2n) is 6.10. The van der Waals surface area contributed by atoms with Crippen LogP contribution >= 0.6 is 11.8 Å². The molecule has 126 valence electrons. The van der Waals surface area contributed by atoms with E-state index in [-0.39, 0.29) is 24.0 Å². The van der Waals surface area contributed by atoms with Crippen molar-refractivity contribution in [2.45, 2.75) is 57.2 Å². The fourth-order valence-electron chi connectivity index (χ4n) is 2.31. The largest absolute Gasteiger partial charge is 0.480 e. The number of imide groups is 1. The van der Waals surface area contributed by atoms with E-state index >= 15 is 0 Å². The molecule has 1 aliphatic rings. The third-order valence-corrected chi connectivity index (χ3v) is 4.98. The molecule has 0 radical (unpaired) electrons. The highest BCUT2D eigenvalue weighted by Gasteiger charge is 2.38. The zero-order valence-corrected chi connectivity index (χ0v) is 14.1. The first-order chi connectivity index (χ1) is 10.3. The number of carbonyl (C=O) groups is 3. The van der Waals surface area contributed by atoms with Crippen LogP contribution in [0.2, 0.25) is 0 Å². The Hall–Kier alpha value is -1.08. The molecule has 0 aliphatic carbocycles. The molecule has 1 unspecified atom stereocenters. The highest BCUT2D eigenvalue weighted by molar-refractivity contribution is 8.00. The van der Waals surface area contributed by atoms with Crippen LogP contribution in [0.25, 0.3) is 0 Å². The number of likely N-dealkylation sites (tertiary alicyclic amines) is 1. The minimum Gasteiger partial charge on any atom is -0.480 e. The van der Waals surface area contributed by atoms with Crippen molar-refractivity contribution in [2.24, 2.45) is 11.7 Å². The molecular weight excluding hydrogens is 304 g/mol. The molecule has 3 N–H and O–H groups in total. The van der Waals surface area contributed by atoms with Crippen LogP contribution in [0.3, 0.4) is 0 Å². The van der Waals surface area contributed by atoms with Crippen molar-refractivity contribution in [3.8, 4) is 0 Å². The second-order valence-corrected chi connectivity index (χ2v) is 7.33. The molecule has 0 spiro atoms. The number of carbonyl (C=O) groups excluding carboxylic acids is 2. The van der Waals surface area contributed by atoms with Crippen LogP contribution in [0.4, 0.5) is 0 Å². The van der Waals surface area contributed by atoms with Gasteiger partial charge < -0.3 is 10.8 Å². The zero-order valence-electron chi connectivity index (χ0n) is 13.3. The highest BCUT2D eigenvalue weighted by atomic mass is 32.2. The van der Waals surface area contributed by atoms with E-state index in [0.717, 1.165) is 25.7 Å². The van der Waals surface area contributed by atoms with E-state index in [2.05, 4.69) is 13.8 Å². The molecule has 1 fully saturated rings. The summed E-state index contributed by atoms with van der Waals surface area (Å²) >= 11 is 1.17. The lowest BCUT2D eigenvalue weighted by Gasteiger charge is -2.15. The molecule has 0 bridgehead atoms. The Bertz CT molecular complexity index is 414. The van der Waals surface area contributed by atoms with E-state index in [9.17, 15) is 14.4 Å². The predicted octanol–water partition coefficient (Wildman–Crippen LogP) is 1.48. The fraction of sp³-hybridized carbons (Fsp3) is 0.800. The average Bonchev–Trinajstić information content (AvgIpc) is 2.70. The Morgan fingerprint density at radius 3 is 2.64 bits per heavy atom. The van der Waals surface area contributed by atoms with E-state index in [1.165, 1.54) is 16.7 Å². The molecule has 0 saturated carbocycles. The summed E-state index contributed by atoms with van der Waals surface area (Å²) in [4.78, 5) is 36.0. The van der Waals surface area contributed by atoms with Gasteiger partial charge in [-0.25, -0.2) is 0 Å². The van der Waals surface area contributed by atoms with Gasteiger partial charge in [0.25, 0.3) is 0 Å². The van der Waals surface area contributed by atoms with Gasteiger partial charge in [0.05, 0.1) is 5.25 Å². The standard InChI is InChI=1S/C15H26N2O4S/c1-10(2)6-4-3-5-7-17-13(18)8-12(14(17)19)22-9-11(16)15(20)21/h10-12H,3-9,16H2,1-2H3,(H,20,21)/t11-,12?/m1/s1. The van der Waals surface area contributed by atoms with Gasteiger partial charge in [0, 0.05) is 18.7 Å². The Labute approximate surface area is 135 Å². The van der Waals surface area contributed by atoms with Crippen LogP contribution in [-0.4, -0.2) is 51.4 Å². The van der Waals surface area contributed by atoms with E-state index in [4.69, 9.17) is 10.8 Å². The van der Waals surface area contributed by atoms with Crippen LogP contribution < -0.4 is 5.73 Å². The Morgan fingerprint density at radius 1 is 1.36 bits per heavy atom. The number of nitrogens with two attached hydrogens (primary N) is 1. The lowest BCUT2D eigenvalue weighted by molar-refractivity contribution is -0.139. The van der Waals surface area contributed by atoms with Crippen molar-refractivity contribution >= 4 is 29.5 Å². The summed E-state index contributed by atoms with van der Waals surface area (Å²) < 4.78 is 0. The summed E-state index contributed by atoms with van der Waals surface area (Å²) in [6, 6.07) is -1.00. The number of nitrogens with zero attached hydrogens (tertiary/aromatic N) is 1. The number of aliphatic carboxylic acids is 1. The van der Waals surface area contributed by atoms with Gasteiger partial charge in [0.1, 0.15) is 6.04 Å². The summed E-state index contributed by atoms with van der Waals surface area (Å²) in [7, 11) is 0.